The molecule has 2 heterocycles. The lowest BCUT2D eigenvalue weighted by Gasteiger charge is -2.28. The van der Waals surface area contributed by atoms with Gasteiger partial charge in [0.1, 0.15) is 5.76 Å². The SMILES string of the molecule is CCN(CC)CCN1C(=O)C(=O)/C(=C(\O)c2cccc([N+](=O)[O-])c2)C1c1ccncc1. The second-order valence-electron chi connectivity index (χ2n) is 7.11. The number of carbonyl (C=O) groups is 2. The van der Waals surface area contributed by atoms with Gasteiger partial charge in [0.05, 0.1) is 16.5 Å². The Morgan fingerprint density at radius 2 is 1.87 bits per heavy atom. The minimum Gasteiger partial charge on any atom is -0.507 e. The Balaban J connectivity index is 2.10. The summed E-state index contributed by atoms with van der Waals surface area (Å²) in [5.74, 6) is -1.96. The Morgan fingerprint density at radius 1 is 1.19 bits per heavy atom. The average molecular weight is 424 g/mol. The number of hydrogen-bond acceptors (Lipinski definition) is 7. The number of Topliss-reactive ketones (excluding diaryl/α,β-unsaturated/α-hetero) is 1. The molecule has 0 saturated carbocycles. The zero-order valence-electron chi connectivity index (χ0n) is 17.4. The third kappa shape index (κ3) is 4.46. The maximum absolute atomic E-state index is 12.9. The molecule has 1 unspecified atom stereocenters. The van der Waals surface area contributed by atoms with Crippen LogP contribution in [0.5, 0.6) is 0 Å². The molecule has 0 aliphatic carbocycles. The molecule has 0 spiro atoms. The standard InChI is InChI=1S/C22H24N4O5/c1-3-24(4-2)12-13-25-19(15-8-10-23-11-9-15)18(21(28)22(25)29)20(27)16-6-5-7-17(14-16)26(30)31/h5-11,14,19,27H,3-4,12-13H2,1-2H3/b20-18-. The molecule has 9 heteroatoms. The monoisotopic (exact) mass is 424 g/mol. The van der Waals surface area contributed by atoms with Crippen LogP contribution in [0.2, 0.25) is 0 Å². The zero-order valence-corrected chi connectivity index (χ0v) is 17.4. The fraction of sp³-hybridized carbons (Fsp3) is 0.318. The first kappa shape index (κ1) is 22.1. The molecule has 1 N–H and O–H groups in total. The Labute approximate surface area is 179 Å². The molecule has 0 radical (unpaired) electrons. The first-order valence-electron chi connectivity index (χ1n) is 10.0. The van der Waals surface area contributed by atoms with Crippen molar-refractivity contribution in [1.82, 2.24) is 14.8 Å². The van der Waals surface area contributed by atoms with Crippen LogP contribution in [0.1, 0.15) is 31.0 Å². The number of non-ortho nitro benzene ring substituents is 1. The highest BCUT2D eigenvalue weighted by Gasteiger charge is 2.46. The number of hydrogen-bond donors (Lipinski definition) is 1. The van der Waals surface area contributed by atoms with Gasteiger partial charge in [0.25, 0.3) is 17.4 Å². The van der Waals surface area contributed by atoms with E-state index >= 15 is 0 Å². The molecule has 162 valence electrons. The highest BCUT2D eigenvalue weighted by Crippen LogP contribution is 2.39. The predicted molar refractivity (Wildman–Crippen MR) is 114 cm³/mol. The second kappa shape index (κ2) is 9.48. The predicted octanol–water partition coefficient (Wildman–Crippen LogP) is 2.75. The maximum Gasteiger partial charge on any atom is 0.295 e. The molecule has 1 amide bonds. The number of pyridine rings is 1. The van der Waals surface area contributed by atoms with Crippen molar-refractivity contribution in [2.24, 2.45) is 0 Å². The molecule has 1 aromatic heterocycles. The van der Waals surface area contributed by atoms with Crippen molar-refractivity contribution >= 4 is 23.1 Å². The van der Waals surface area contributed by atoms with Crippen LogP contribution < -0.4 is 0 Å². The third-order valence-electron chi connectivity index (χ3n) is 5.44. The number of nitrogens with zero attached hydrogens (tertiary/aromatic N) is 4. The number of rotatable bonds is 8. The Kier molecular flexibility index (Phi) is 6.76. The topological polar surface area (TPSA) is 117 Å². The normalized spacial score (nSPS) is 18.0. The number of nitro benzene ring substituents is 1. The molecular formula is C22H24N4O5. The summed E-state index contributed by atoms with van der Waals surface area (Å²) in [6, 6.07) is 7.92. The lowest BCUT2D eigenvalue weighted by Crippen LogP contribution is -2.38. The van der Waals surface area contributed by atoms with Crippen molar-refractivity contribution in [2.75, 3.05) is 26.2 Å². The van der Waals surface area contributed by atoms with Gasteiger partial charge in [-0.25, -0.2) is 0 Å². The summed E-state index contributed by atoms with van der Waals surface area (Å²) in [6.45, 7) is 6.49. The fourth-order valence-electron chi connectivity index (χ4n) is 3.71. The molecular weight excluding hydrogens is 400 g/mol. The highest BCUT2D eigenvalue weighted by molar-refractivity contribution is 6.46. The number of nitro groups is 1. The summed E-state index contributed by atoms with van der Waals surface area (Å²) in [4.78, 5) is 43.9. The van der Waals surface area contributed by atoms with Crippen LogP contribution in [0.15, 0.2) is 54.4 Å². The molecule has 3 rings (SSSR count). The van der Waals surface area contributed by atoms with Crippen molar-refractivity contribution in [3.05, 3.63) is 75.6 Å². The number of benzene rings is 1. The largest absolute Gasteiger partial charge is 0.507 e. The molecule has 1 saturated heterocycles. The summed E-state index contributed by atoms with van der Waals surface area (Å²) in [6.07, 6.45) is 3.10. The minimum atomic E-state index is -0.814. The number of aromatic nitrogens is 1. The van der Waals surface area contributed by atoms with Gasteiger partial charge >= 0.3 is 0 Å². The van der Waals surface area contributed by atoms with Gasteiger partial charge in [-0.05, 0) is 30.8 Å². The Hall–Kier alpha value is -3.59. The smallest absolute Gasteiger partial charge is 0.295 e. The van der Waals surface area contributed by atoms with E-state index in [1.165, 1.54) is 29.2 Å². The summed E-state index contributed by atoms with van der Waals surface area (Å²) in [5.41, 5.74) is 0.423. The van der Waals surface area contributed by atoms with Gasteiger partial charge in [-0.2, -0.15) is 0 Å². The molecule has 2 aromatic rings. The lowest BCUT2D eigenvalue weighted by molar-refractivity contribution is -0.384. The van der Waals surface area contributed by atoms with Crippen LogP contribution in [0.25, 0.3) is 5.76 Å². The number of amides is 1. The molecule has 1 aliphatic heterocycles. The van der Waals surface area contributed by atoms with E-state index in [1.54, 1.807) is 24.5 Å². The molecule has 0 bridgehead atoms. The Bertz CT molecular complexity index is 1020. The highest BCUT2D eigenvalue weighted by atomic mass is 16.6. The first-order chi connectivity index (χ1) is 14.9. The van der Waals surface area contributed by atoms with Crippen molar-refractivity contribution in [2.45, 2.75) is 19.9 Å². The molecule has 1 atom stereocenters. The van der Waals surface area contributed by atoms with E-state index in [4.69, 9.17) is 0 Å². The Morgan fingerprint density at radius 3 is 2.48 bits per heavy atom. The second-order valence-corrected chi connectivity index (χ2v) is 7.11. The van der Waals surface area contributed by atoms with E-state index in [0.29, 0.717) is 18.7 Å². The van der Waals surface area contributed by atoms with Crippen LogP contribution in [0.4, 0.5) is 5.69 Å². The fourth-order valence-corrected chi connectivity index (χ4v) is 3.71. The van der Waals surface area contributed by atoms with E-state index in [0.717, 1.165) is 13.1 Å². The number of aliphatic hydroxyl groups is 1. The minimum absolute atomic E-state index is 0.0868. The lowest BCUT2D eigenvalue weighted by atomic mass is 9.96. The van der Waals surface area contributed by atoms with E-state index in [-0.39, 0.29) is 16.8 Å². The number of likely N-dealkylation sites (tertiary alicyclic amines) is 1. The van der Waals surface area contributed by atoms with Crippen molar-refractivity contribution < 1.29 is 19.6 Å². The molecule has 9 nitrogen and oxygen atoms in total. The van der Waals surface area contributed by atoms with E-state index in [1.807, 2.05) is 13.8 Å². The van der Waals surface area contributed by atoms with Crippen LogP contribution in [0, 0.1) is 10.1 Å². The van der Waals surface area contributed by atoms with Crippen molar-refractivity contribution in [3.8, 4) is 0 Å². The van der Waals surface area contributed by atoms with E-state index in [2.05, 4.69) is 9.88 Å². The quantitative estimate of drug-likeness (QED) is 0.228. The van der Waals surface area contributed by atoms with Gasteiger partial charge in [-0.15, -0.1) is 0 Å². The van der Waals surface area contributed by atoms with Gasteiger partial charge in [0.2, 0.25) is 0 Å². The van der Waals surface area contributed by atoms with Crippen LogP contribution in [0.3, 0.4) is 0 Å². The average Bonchev–Trinajstić information content (AvgIpc) is 3.05. The maximum atomic E-state index is 12.9. The van der Waals surface area contributed by atoms with Gasteiger partial charge < -0.3 is 14.9 Å². The molecule has 1 aliphatic rings. The molecule has 1 aromatic carbocycles. The number of ketones is 1. The first-order valence-corrected chi connectivity index (χ1v) is 10.0. The van der Waals surface area contributed by atoms with Crippen molar-refractivity contribution in [3.63, 3.8) is 0 Å². The molecule has 1 fully saturated rings. The van der Waals surface area contributed by atoms with Gasteiger partial charge in [-0.1, -0.05) is 26.0 Å². The number of aliphatic hydroxyl groups excluding tert-OH is 1. The van der Waals surface area contributed by atoms with Crippen LogP contribution in [-0.4, -0.2) is 62.7 Å². The van der Waals surface area contributed by atoms with E-state index in [9.17, 15) is 24.8 Å². The van der Waals surface area contributed by atoms with Crippen LogP contribution >= 0.6 is 0 Å². The third-order valence-corrected chi connectivity index (χ3v) is 5.44. The summed E-state index contributed by atoms with van der Waals surface area (Å²) < 4.78 is 0. The van der Waals surface area contributed by atoms with E-state index < -0.39 is 28.4 Å². The summed E-state index contributed by atoms with van der Waals surface area (Å²) in [5, 5.41) is 22.1. The number of likely N-dealkylation sites (N-methyl/N-ethyl adjacent to an activating group) is 1. The van der Waals surface area contributed by atoms with Gasteiger partial charge in [0.15, 0.2) is 0 Å². The zero-order chi connectivity index (χ0) is 22.5. The summed E-state index contributed by atoms with van der Waals surface area (Å²) >= 11 is 0. The summed E-state index contributed by atoms with van der Waals surface area (Å²) in [7, 11) is 0. The van der Waals surface area contributed by atoms with Crippen LogP contribution in [-0.2, 0) is 9.59 Å². The number of carbonyl (C=O) groups excluding carboxylic acids is 2. The van der Waals surface area contributed by atoms with Gasteiger partial charge in [-0.3, -0.25) is 24.7 Å². The molecule has 31 heavy (non-hydrogen) atoms. The van der Waals surface area contributed by atoms with Gasteiger partial charge in [0, 0.05) is 43.2 Å². The van der Waals surface area contributed by atoms with Crippen molar-refractivity contribution in [1.29, 1.82) is 0 Å².